The third kappa shape index (κ3) is 4.62. The van der Waals surface area contributed by atoms with Crippen LogP contribution in [0.2, 0.25) is 10.0 Å². The Kier molecular flexibility index (Phi) is 6.53. The molecule has 2 aromatic carbocycles. The van der Waals surface area contributed by atoms with Gasteiger partial charge in [-0.3, -0.25) is 9.10 Å². The lowest BCUT2D eigenvalue weighted by atomic mass is 10.0. The Bertz CT molecular complexity index is 951. The van der Waals surface area contributed by atoms with Gasteiger partial charge in [-0.05, 0) is 49.1 Å². The molecule has 2 aromatic rings. The van der Waals surface area contributed by atoms with Gasteiger partial charge in [-0.1, -0.05) is 48.3 Å². The third-order valence-corrected chi connectivity index (χ3v) is 7.11. The van der Waals surface area contributed by atoms with Crippen LogP contribution >= 0.6 is 23.2 Å². The molecule has 150 valence electrons. The number of carbonyl (C=O) groups is 1. The van der Waals surface area contributed by atoms with E-state index < -0.39 is 10.0 Å². The number of carbonyl (C=O) groups excluding carboxylic acids is 1. The predicted octanol–water partition coefficient (Wildman–Crippen LogP) is 4.45. The van der Waals surface area contributed by atoms with Crippen LogP contribution in [0.15, 0.2) is 53.4 Å². The minimum absolute atomic E-state index is 0.0980. The Morgan fingerprint density at radius 1 is 1.18 bits per heavy atom. The average Bonchev–Trinajstić information content (AvgIpc) is 2.67. The molecule has 1 atom stereocenters. The van der Waals surface area contributed by atoms with E-state index in [1.807, 2.05) is 0 Å². The van der Waals surface area contributed by atoms with E-state index in [-0.39, 0.29) is 28.1 Å². The summed E-state index contributed by atoms with van der Waals surface area (Å²) in [5.41, 5.74) is 0.230. The first-order valence-electron chi connectivity index (χ1n) is 9.09. The Hall–Kier alpha value is -1.76. The molecule has 0 radical (unpaired) electrons. The van der Waals surface area contributed by atoms with Crippen LogP contribution in [0.5, 0.6) is 0 Å². The highest BCUT2D eigenvalue weighted by atomic mass is 35.5. The van der Waals surface area contributed by atoms with Crippen molar-refractivity contribution in [1.82, 2.24) is 4.90 Å². The molecule has 28 heavy (non-hydrogen) atoms. The van der Waals surface area contributed by atoms with Crippen molar-refractivity contribution in [3.05, 3.63) is 58.6 Å². The maximum absolute atomic E-state index is 13.3. The van der Waals surface area contributed by atoms with Gasteiger partial charge >= 0.3 is 0 Å². The Morgan fingerprint density at radius 2 is 1.89 bits per heavy atom. The molecule has 0 N–H and O–H groups in total. The van der Waals surface area contributed by atoms with Crippen molar-refractivity contribution in [3.8, 4) is 0 Å². The molecule has 1 amide bonds. The average molecular weight is 441 g/mol. The van der Waals surface area contributed by atoms with E-state index in [1.54, 1.807) is 29.2 Å². The zero-order chi connectivity index (χ0) is 20.3. The fourth-order valence-corrected chi connectivity index (χ4v) is 5.36. The summed E-state index contributed by atoms with van der Waals surface area (Å²) in [7, 11) is -3.98. The molecule has 8 heteroatoms. The summed E-state index contributed by atoms with van der Waals surface area (Å²) in [6.07, 6.45) is 1.98. The third-order valence-electron chi connectivity index (χ3n) is 4.80. The lowest BCUT2D eigenvalue weighted by Gasteiger charge is -2.33. The van der Waals surface area contributed by atoms with Gasteiger partial charge in [0.2, 0.25) is 5.91 Å². The topological polar surface area (TPSA) is 57.7 Å². The minimum atomic E-state index is -3.98. The smallest absolute Gasteiger partial charge is 0.264 e. The molecule has 1 fully saturated rings. The highest BCUT2D eigenvalue weighted by molar-refractivity contribution is 7.92. The van der Waals surface area contributed by atoms with Crippen molar-refractivity contribution in [2.45, 2.75) is 24.7 Å². The summed E-state index contributed by atoms with van der Waals surface area (Å²) in [5, 5.41) is 0.564. The standard InChI is InChI=1S/C20H22Cl2N2O3S/c1-15-6-5-11-23(13-15)20(25)14-24(19-10-9-16(21)12-18(19)22)28(26,27)17-7-3-2-4-8-17/h2-4,7-10,12,15H,5-6,11,13-14H2,1H3/t15-/m1/s1. The van der Waals surface area contributed by atoms with Crippen LogP contribution in [0, 0.1) is 5.92 Å². The summed E-state index contributed by atoms with van der Waals surface area (Å²) >= 11 is 12.3. The normalized spacial score (nSPS) is 17.4. The van der Waals surface area contributed by atoms with Gasteiger partial charge in [0.1, 0.15) is 6.54 Å². The first kappa shape index (κ1) is 21.0. The fraction of sp³-hybridized carbons (Fsp3) is 0.350. The van der Waals surface area contributed by atoms with Gasteiger partial charge in [-0.25, -0.2) is 8.42 Å². The largest absolute Gasteiger partial charge is 0.341 e. The number of nitrogens with zero attached hydrogens (tertiary/aromatic N) is 2. The molecule has 1 saturated heterocycles. The van der Waals surface area contributed by atoms with Gasteiger partial charge in [0.05, 0.1) is 15.6 Å². The van der Waals surface area contributed by atoms with Crippen LogP contribution in [0.25, 0.3) is 0 Å². The molecule has 0 saturated carbocycles. The fourth-order valence-electron chi connectivity index (χ4n) is 3.34. The molecule has 0 unspecified atom stereocenters. The van der Waals surface area contributed by atoms with Crippen molar-refractivity contribution in [2.24, 2.45) is 5.92 Å². The first-order chi connectivity index (χ1) is 13.3. The van der Waals surface area contributed by atoms with E-state index in [0.717, 1.165) is 17.1 Å². The summed E-state index contributed by atoms with van der Waals surface area (Å²) in [6.45, 7) is 3.04. The molecule has 0 spiro atoms. The highest BCUT2D eigenvalue weighted by Crippen LogP contribution is 2.33. The number of likely N-dealkylation sites (tertiary alicyclic amines) is 1. The Balaban J connectivity index is 1.98. The van der Waals surface area contributed by atoms with E-state index in [1.165, 1.54) is 24.3 Å². The number of amides is 1. The van der Waals surface area contributed by atoms with Gasteiger partial charge < -0.3 is 4.90 Å². The second-order valence-electron chi connectivity index (χ2n) is 7.01. The van der Waals surface area contributed by atoms with E-state index in [4.69, 9.17) is 23.2 Å². The molecule has 1 aliphatic rings. The molecule has 3 rings (SSSR count). The number of sulfonamides is 1. The lowest BCUT2D eigenvalue weighted by molar-refractivity contribution is -0.131. The molecule has 0 aromatic heterocycles. The Morgan fingerprint density at radius 3 is 2.54 bits per heavy atom. The summed E-state index contributed by atoms with van der Waals surface area (Å²) in [5.74, 6) is 0.160. The zero-order valence-corrected chi connectivity index (χ0v) is 17.8. The molecule has 1 heterocycles. The number of hydrogen-bond acceptors (Lipinski definition) is 3. The monoisotopic (exact) mass is 440 g/mol. The Labute approximate surface area is 175 Å². The predicted molar refractivity (Wildman–Crippen MR) is 112 cm³/mol. The number of rotatable bonds is 5. The lowest BCUT2D eigenvalue weighted by Crippen LogP contribution is -2.46. The van der Waals surface area contributed by atoms with Crippen LogP contribution < -0.4 is 4.31 Å². The number of benzene rings is 2. The maximum Gasteiger partial charge on any atom is 0.264 e. The quantitative estimate of drug-likeness (QED) is 0.689. The van der Waals surface area contributed by atoms with E-state index in [9.17, 15) is 13.2 Å². The molecule has 0 bridgehead atoms. The summed E-state index contributed by atoms with van der Waals surface area (Å²) in [4.78, 5) is 14.8. The van der Waals surface area contributed by atoms with Crippen molar-refractivity contribution < 1.29 is 13.2 Å². The summed E-state index contributed by atoms with van der Waals surface area (Å²) < 4.78 is 27.7. The zero-order valence-electron chi connectivity index (χ0n) is 15.5. The van der Waals surface area contributed by atoms with Gasteiger partial charge in [0.15, 0.2) is 0 Å². The van der Waals surface area contributed by atoms with Crippen molar-refractivity contribution >= 4 is 44.8 Å². The van der Waals surface area contributed by atoms with E-state index >= 15 is 0 Å². The van der Waals surface area contributed by atoms with E-state index in [0.29, 0.717) is 24.0 Å². The number of piperidine rings is 1. The van der Waals surface area contributed by atoms with Crippen molar-refractivity contribution in [2.75, 3.05) is 23.9 Å². The molecule has 5 nitrogen and oxygen atoms in total. The second kappa shape index (κ2) is 8.72. The minimum Gasteiger partial charge on any atom is -0.341 e. The van der Waals surface area contributed by atoms with Gasteiger partial charge in [-0.15, -0.1) is 0 Å². The highest BCUT2D eigenvalue weighted by Gasteiger charge is 2.31. The second-order valence-corrected chi connectivity index (χ2v) is 9.71. The van der Waals surface area contributed by atoms with Crippen molar-refractivity contribution in [1.29, 1.82) is 0 Å². The summed E-state index contributed by atoms with van der Waals surface area (Å²) in [6, 6.07) is 12.6. The molecular weight excluding hydrogens is 419 g/mol. The van der Waals surface area contributed by atoms with Gasteiger partial charge in [-0.2, -0.15) is 0 Å². The first-order valence-corrected chi connectivity index (χ1v) is 11.3. The van der Waals surface area contributed by atoms with Crippen LogP contribution in [-0.2, 0) is 14.8 Å². The van der Waals surface area contributed by atoms with Crippen LogP contribution in [0.1, 0.15) is 19.8 Å². The van der Waals surface area contributed by atoms with Gasteiger partial charge in [0, 0.05) is 18.1 Å². The van der Waals surface area contributed by atoms with E-state index in [2.05, 4.69) is 6.92 Å². The van der Waals surface area contributed by atoms with Crippen molar-refractivity contribution in [3.63, 3.8) is 0 Å². The van der Waals surface area contributed by atoms with Crippen LogP contribution in [0.4, 0.5) is 5.69 Å². The SMILES string of the molecule is C[C@@H]1CCCN(C(=O)CN(c2ccc(Cl)cc2Cl)S(=O)(=O)c2ccccc2)C1. The number of hydrogen-bond donors (Lipinski definition) is 0. The van der Waals surface area contributed by atoms with Crippen LogP contribution in [-0.4, -0.2) is 38.9 Å². The molecular formula is C20H22Cl2N2O3S. The van der Waals surface area contributed by atoms with Crippen LogP contribution in [0.3, 0.4) is 0 Å². The maximum atomic E-state index is 13.3. The molecule has 0 aliphatic carbocycles. The number of halogens is 2. The number of anilines is 1. The molecule has 1 aliphatic heterocycles. The van der Waals surface area contributed by atoms with Gasteiger partial charge in [0.25, 0.3) is 10.0 Å².